The lowest BCUT2D eigenvalue weighted by Gasteiger charge is -2.35. The van der Waals surface area contributed by atoms with Crippen LogP contribution in [0.5, 0.6) is 0 Å². The minimum atomic E-state index is -3.89. The Kier molecular flexibility index (Phi) is 7.85. The number of ether oxygens (including phenoxy) is 1. The Balaban J connectivity index is 1.21. The van der Waals surface area contributed by atoms with Crippen LogP contribution in [-0.4, -0.2) is 99.5 Å². The van der Waals surface area contributed by atoms with Gasteiger partial charge in [-0.15, -0.1) is 11.3 Å². The van der Waals surface area contributed by atoms with Gasteiger partial charge in [0, 0.05) is 48.5 Å². The number of thiophene rings is 1. The quantitative estimate of drug-likeness (QED) is 0.563. The number of nitrogens with one attached hydrogen (secondary N) is 1. The molecule has 3 saturated heterocycles. The summed E-state index contributed by atoms with van der Waals surface area (Å²) in [5.74, 6) is -0.407. The van der Waals surface area contributed by atoms with Gasteiger partial charge in [0.2, 0.25) is 11.8 Å². The second-order valence-electron chi connectivity index (χ2n) is 9.62. The molecule has 2 atom stereocenters. The van der Waals surface area contributed by atoms with Gasteiger partial charge >= 0.3 is 0 Å². The summed E-state index contributed by atoms with van der Waals surface area (Å²) in [6.45, 7) is 5.14. The average Bonchev–Trinajstić information content (AvgIpc) is 3.49. The van der Waals surface area contributed by atoms with Crippen LogP contribution < -0.4 is 4.72 Å². The Bertz CT molecular complexity index is 1230. The van der Waals surface area contributed by atoms with Crippen LogP contribution in [0, 0.1) is 0 Å². The van der Waals surface area contributed by atoms with Gasteiger partial charge in [0.15, 0.2) is 0 Å². The van der Waals surface area contributed by atoms with Gasteiger partial charge in [-0.25, -0.2) is 8.42 Å². The van der Waals surface area contributed by atoms with Crippen LogP contribution in [0.15, 0.2) is 28.5 Å². The van der Waals surface area contributed by atoms with Crippen molar-refractivity contribution < 1.29 is 22.7 Å². The highest BCUT2D eigenvalue weighted by molar-refractivity contribution is 7.91. The number of piperidine rings is 1. The van der Waals surface area contributed by atoms with Crippen molar-refractivity contribution in [3.8, 4) is 0 Å². The molecule has 3 fully saturated rings. The molecule has 3 aliphatic rings. The molecule has 2 amide bonds. The molecule has 1 aromatic carbocycles. The molecule has 9 nitrogen and oxygen atoms in total. The minimum absolute atomic E-state index is 0.0158. The first-order valence-corrected chi connectivity index (χ1v) is 15.1. The summed E-state index contributed by atoms with van der Waals surface area (Å²) in [4.78, 5) is 32.1. The minimum Gasteiger partial charge on any atom is -0.379 e. The number of carbonyl (C=O) groups excluding carboxylic acids is 2. The molecular weight excluding hydrogens is 524 g/mol. The summed E-state index contributed by atoms with van der Waals surface area (Å²) in [6, 6.07) is 6.06. The van der Waals surface area contributed by atoms with E-state index in [0.29, 0.717) is 31.0 Å². The average molecular weight is 555 g/mol. The van der Waals surface area contributed by atoms with Gasteiger partial charge in [0.1, 0.15) is 10.3 Å². The number of carbonyl (C=O) groups is 2. The molecule has 4 heterocycles. The number of likely N-dealkylation sites (tertiary alicyclic amines) is 2. The lowest BCUT2D eigenvalue weighted by atomic mass is 10.1. The number of fused-ring (bicyclic) bond motifs is 1. The molecule has 0 bridgehead atoms. The molecule has 36 heavy (non-hydrogen) atoms. The van der Waals surface area contributed by atoms with Crippen LogP contribution in [0.3, 0.4) is 0 Å². The van der Waals surface area contributed by atoms with Gasteiger partial charge < -0.3 is 14.5 Å². The molecule has 2 aromatic rings. The second kappa shape index (κ2) is 10.9. The van der Waals surface area contributed by atoms with Crippen molar-refractivity contribution in [1.29, 1.82) is 0 Å². The number of hydrogen-bond donors (Lipinski definition) is 1. The lowest BCUT2D eigenvalue weighted by molar-refractivity contribution is -0.143. The highest BCUT2D eigenvalue weighted by Gasteiger charge is 2.36. The number of benzene rings is 1. The van der Waals surface area contributed by atoms with Crippen molar-refractivity contribution in [3.05, 3.63) is 29.3 Å². The zero-order chi connectivity index (χ0) is 25.3. The molecule has 0 saturated carbocycles. The van der Waals surface area contributed by atoms with Crippen LogP contribution in [0.1, 0.15) is 25.7 Å². The molecule has 0 aliphatic carbocycles. The highest BCUT2D eigenvalue weighted by atomic mass is 35.5. The van der Waals surface area contributed by atoms with E-state index >= 15 is 0 Å². The number of halogens is 1. The molecule has 1 N–H and O–H groups in total. The molecule has 0 radical (unpaired) electrons. The number of sulfonamides is 1. The number of amides is 2. The van der Waals surface area contributed by atoms with Crippen LogP contribution in [0.4, 0.5) is 0 Å². The van der Waals surface area contributed by atoms with Crippen LogP contribution >= 0.6 is 22.9 Å². The van der Waals surface area contributed by atoms with E-state index in [1.807, 2.05) is 4.90 Å². The fraction of sp³-hybridized carbons (Fsp3) is 0.583. The molecule has 196 valence electrons. The van der Waals surface area contributed by atoms with Crippen molar-refractivity contribution in [2.75, 3.05) is 52.5 Å². The summed E-state index contributed by atoms with van der Waals surface area (Å²) in [5, 5.41) is 1.28. The SMILES string of the molecule is O=C1[C@@H](NS(=O)(=O)c2cc3cc(Cl)ccc3s2)CCCN1CC(=O)N1CCC[C@H]1CN1CCOCC1. The molecule has 1 aromatic heterocycles. The maximum atomic E-state index is 13.2. The Morgan fingerprint density at radius 3 is 2.69 bits per heavy atom. The van der Waals surface area contributed by atoms with E-state index in [0.717, 1.165) is 67.1 Å². The van der Waals surface area contributed by atoms with Crippen LogP contribution in [0.2, 0.25) is 5.02 Å². The van der Waals surface area contributed by atoms with Gasteiger partial charge in [-0.3, -0.25) is 14.5 Å². The third-order valence-electron chi connectivity index (χ3n) is 7.14. The molecule has 0 unspecified atom stereocenters. The zero-order valence-electron chi connectivity index (χ0n) is 20.0. The van der Waals surface area contributed by atoms with Gasteiger partial charge in [0.25, 0.3) is 10.0 Å². The van der Waals surface area contributed by atoms with Gasteiger partial charge in [-0.1, -0.05) is 11.6 Å². The van der Waals surface area contributed by atoms with Crippen molar-refractivity contribution in [3.63, 3.8) is 0 Å². The Morgan fingerprint density at radius 2 is 1.89 bits per heavy atom. The number of hydrogen-bond acceptors (Lipinski definition) is 7. The van der Waals surface area contributed by atoms with Crippen molar-refractivity contribution in [2.24, 2.45) is 0 Å². The third-order valence-corrected chi connectivity index (χ3v) is 10.4. The molecule has 12 heteroatoms. The Morgan fingerprint density at radius 1 is 1.11 bits per heavy atom. The van der Waals surface area contributed by atoms with E-state index in [9.17, 15) is 18.0 Å². The summed E-state index contributed by atoms with van der Waals surface area (Å²) in [5.41, 5.74) is 0. The highest BCUT2D eigenvalue weighted by Crippen LogP contribution is 2.31. The normalized spacial score (nSPS) is 24.1. The molecule has 0 spiro atoms. The molecule has 5 rings (SSSR count). The third kappa shape index (κ3) is 5.71. The Hall–Kier alpha value is -1.76. The van der Waals surface area contributed by atoms with E-state index in [-0.39, 0.29) is 28.6 Å². The smallest absolute Gasteiger partial charge is 0.250 e. The monoisotopic (exact) mass is 554 g/mol. The maximum absolute atomic E-state index is 13.2. The van der Waals surface area contributed by atoms with Gasteiger partial charge in [0.05, 0.1) is 19.8 Å². The fourth-order valence-electron chi connectivity index (χ4n) is 5.26. The van der Waals surface area contributed by atoms with E-state index in [1.54, 1.807) is 24.3 Å². The topological polar surface area (TPSA) is 99.3 Å². The Labute approximate surface area is 220 Å². The van der Waals surface area contributed by atoms with Crippen molar-refractivity contribution in [1.82, 2.24) is 19.4 Å². The summed E-state index contributed by atoms with van der Waals surface area (Å²) in [6.07, 6.45) is 2.95. The first-order chi connectivity index (χ1) is 17.3. The van der Waals surface area contributed by atoms with Crippen LogP contribution in [0.25, 0.3) is 10.1 Å². The second-order valence-corrected chi connectivity index (χ2v) is 13.1. The van der Waals surface area contributed by atoms with Gasteiger partial charge in [-0.2, -0.15) is 4.72 Å². The number of rotatable bonds is 7. The van der Waals surface area contributed by atoms with E-state index < -0.39 is 16.1 Å². The standard InChI is InChI=1S/C24H31ClN4O5S2/c25-18-5-6-21-17(13-18)14-23(35-21)36(32,33)26-20-4-2-7-28(24(20)31)16-22(30)29-8-1-3-19(29)15-27-9-11-34-12-10-27/h5-6,13-14,19-20,26H,1-4,7-12,15-16H2/t19-,20-/m0/s1. The van der Waals surface area contributed by atoms with E-state index in [1.165, 1.54) is 4.90 Å². The lowest BCUT2D eigenvalue weighted by Crippen LogP contribution is -2.55. The summed E-state index contributed by atoms with van der Waals surface area (Å²) in [7, 11) is -3.89. The zero-order valence-corrected chi connectivity index (χ0v) is 22.4. The van der Waals surface area contributed by atoms with Crippen molar-refractivity contribution >= 4 is 54.9 Å². The largest absolute Gasteiger partial charge is 0.379 e. The molecular formula is C24H31ClN4O5S2. The summed E-state index contributed by atoms with van der Waals surface area (Å²) < 4.78 is 35.1. The fourth-order valence-corrected chi connectivity index (χ4v) is 8.06. The molecule has 3 aliphatic heterocycles. The van der Waals surface area contributed by atoms with Gasteiger partial charge in [-0.05, 0) is 55.3 Å². The number of nitrogens with zero attached hydrogens (tertiary/aromatic N) is 3. The van der Waals surface area contributed by atoms with E-state index in [4.69, 9.17) is 16.3 Å². The van der Waals surface area contributed by atoms with E-state index in [2.05, 4.69) is 9.62 Å². The number of morpholine rings is 1. The van der Waals surface area contributed by atoms with Crippen LogP contribution in [-0.2, 0) is 24.3 Å². The van der Waals surface area contributed by atoms with Crippen molar-refractivity contribution in [2.45, 2.75) is 42.0 Å². The predicted octanol–water partition coefficient (Wildman–Crippen LogP) is 2.15. The maximum Gasteiger partial charge on any atom is 0.250 e. The predicted molar refractivity (Wildman–Crippen MR) is 139 cm³/mol. The first kappa shape index (κ1) is 25.9. The summed E-state index contributed by atoms with van der Waals surface area (Å²) >= 11 is 7.17. The first-order valence-electron chi connectivity index (χ1n) is 12.4.